The first-order chi connectivity index (χ1) is 15.8. The van der Waals surface area contributed by atoms with Gasteiger partial charge in [0.2, 0.25) is 11.8 Å². The Morgan fingerprint density at radius 3 is 2.30 bits per heavy atom. The molecule has 33 heavy (non-hydrogen) atoms. The van der Waals surface area contributed by atoms with Crippen LogP contribution in [0.15, 0.2) is 60.7 Å². The summed E-state index contributed by atoms with van der Waals surface area (Å²) in [6, 6.07) is 16.6. The zero-order chi connectivity index (χ0) is 23.8. The zero-order valence-electron chi connectivity index (χ0n) is 17.9. The number of benzene rings is 3. The average molecular weight is 450 g/mol. The van der Waals surface area contributed by atoms with E-state index in [4.69, 9.17) is 16.2 Å². The van der Waals surface area contributed by atoms with Gasteiger partial charge < -0.3 is 31.9 Å². The van der Waals surface area contributed by atoms with Crippen molar-refractivity contribution in [2.24, 2.45) is 11.5 Å². The monoisotopic (exact) mass is 450 g/mol. The van der Waals surface area contributed by atoms with Crippen LogP contribution < -0.4 is 26.8 Å². The van der Waals surface area contributed by atoms with Gasteiger partial charge in [0, 0.05) is 0 Å². The molecule has 0 saturated heterocycles. The summed E-state index contributed by atoms with van der Waals surface area (Å²) in [5.74, 6) is -1.03. The Hall–Kier alpha value is -4.11. The van der Waals surface area contributed by atoms with Gasteiger partial charge in [-0.3, -0.25) is 14.4 Å². The normalized spacial score (nSPS) is 11.5. The number of amides is 3. The lowest BCUT2D eigenvalue weighted by atomic mass is 10.1. The van der Waals surface area contributed by atoms with Gasteiger partial charge in [-0.1, -0.05) is 36.4 Å². The number of ether oxygens (including phenoxy) is 1. The SMILES string of the molecule is NC(=O)CNC(=O)c1cc2ccccc2cc1OCCNC(=O)C(N)Cc1ccc(O)cc1. The summed E-state index contributed by atoms with van der Waals surface area (Å²) in [7, 11) is 0. The minimum atomic E-state index is -0.759. The lowest BCUT2D eigenvalue weighted by Gasteiger charge is -2.15. The Balaban J connectivity index is 1.59. The molecule has 3 amide bonds. The van der Waals surface area contributed by atoms with Gasteiger partial charge in [0.25, 0.3) is 5.91 Å². The van der Waals surface area contributed by atoms with Crippen LogP contribution in [0.25, 0.3) is 10.8 Å². The number of phenols is 1. The Morgan fingerprint density at radius 2 is 1.64 bits per heavy atom. The van der Waals surface area contributed by atoms with E-state index in [2.05, 4.69) is 10.6 Å². The molecule has 0 radical (unpaired) electrons. The van der Waals surface area contributed by atoms with E-state index in [1.807, 2.05) is 24.3 Å². The molecule has 0 spiro atoms. The van der Waals surface area contributed by atoms with Crippen LogP contribution in [0.3, 0.4) is 0 Å². The first-order valence-electron chi connectivity index (χ1n) is 10.4. The highest BCUT2D eigenvalue weighted by Gasteiger charge is 2.16. The molecule has 1 atom stereocenters. The maximum atomic E-state index is 12.5. The molecule has 0 bridgehead atoms. The lowest BCUT2D eigenvalue weighted by molar-refractivity contribution is -0.122. The second-order valence-electron chi connectivity index (χ2n) is 7.46. The van der Waals surface area contributed by atoms with Crippen molar-refractivity contribution in [2.45, 2.75) is 12.5 Å². The van der Waals surface area contributed by atoms with Crippen molar-refractivity contribution in [3.8, 4) is 11.5 Å². The number of nitrogens with one attached hydrogen (secondary N) is 2. The average Bonchev–Trinajstić information content (AvgIpc) is 2.81. The van der Waals surface area contributed by atoms with Crippen molar-refractivity contribution >= 4 is 28.5 Å². The number of phenolic OH excluding ortho intramolecular Hbond substituents is 1. The number of carbonyl (C=O) groups is 3. The third-order valence-corrected chi connectivity index (χ3v) is 4.90. The van der Waals surface area contributed by atoms with Gasteiger partial charge in [-0.25, -0.2) is 0 Å². The predicted molar refractivity (Wildman–Crippen MR) is 124 cm³/mol. The summed E-state index contributed by atoms with van der Waals surface area (Å²) in [4.78, 5) is 35.8. The van der Waals surface area contributed by atoms with E-state index in [0.717, 1.165) is 16.3 Å². The third-order valence-electron chi connectivity index (χ3n) is 4.90. The van der Waals surface area contributed by atoms with E-state index in [9.17, 15) is 19.5 Å². The highest BCUT2D eigenvalue weighted by molar-refractivity contribution is 6.02. The van der Waals surface area contributed by atoms with E-state index < -0.39 is 17.9 Å². The molecule has 9 nitrogen and oxygen atoms in total. The quantitative estimate of drug-likeness (QED) is 0.288. The lowest BCUT2D eigenvalue weighted by Crippen LogP contribution is -2.43. The second-order valence-corrected chi connectivity index (χ2v) is 7.46. The Morgan fingerprint density at radius 1 is 0.970 bits per heavy atom. The Bertz CT molecular complexity index is 1150. The van der Waals surface area contributed by atoms with Gasteiger partial charge >= 0.3 is 0 Å². The number of rotatable bonds is 10. The molecule has 3 aromatic rings. The van der Waals surface area contributed by atoms with E-state index in [1.54, 1.807) is 24.3 Å². The van der Waals surface area contributed by atoms with Crippen molar-refractivity contribution in [2.75, 3.05) is 19.7 Å². The van der Waals surface area contributed by atoms with Crippen LogP contribution in [0.1, 0.15) is 15.9 Å². The smallest absolute Gasteiger partial charge is 0.255 e. The third kappa shape index (κ3) is 6.68. The molecule has 172 valence electrons. The molecule has 3 rings (SSSR count). The number of hydrogen-bond acceptors (Lipinski definition) is 6. The molecule has 3 aromatic carbocycles. The number of aromatic hydroxyl groups is 1. The summed E-state index contributed by atoms with van der Waals surface area (Å²) in [5.41, 5.74) is 12.1. The minimum absolute atomic E-state index is 0.103. The summed E-state index contributed by atoms with van der Waals surface area (Å²) < 4.78 is 5.77. The zero-order valence-corrected chi connectivity index (χ0v) is 17.9. The number of primary amides is 1. The van der Waals surface area contributed by atoms with Gasteiger partial charge in [0.1, 0.15) is 18.1 Å². The molecule has 0 aromatic heterocycles. The van der Waals surface area contributed by atoms with Crippen LogP contribution in [0, 0.1) is 0 Å². The standard InChI is InChI=1S/C24H26N4O5/c25-20(11-15-5-7-18(29)8-6-15)24(32)27-9-10-33-21-13-17-4-2-1-3-16(17)12-19(21)23(31)28-14-22(26)30/h1-8,12-13,20,29H,9-11,14,25H2,(H2,26,30)(H,27,32)(H,28,31). The van der Waals surface area contributed by atoms with Crippen molar-refractivity contribution < 1.29 is 24.2 Å². The second kappa shape index (κ2) is 11.0. The van der Waals surface area contributed by atoms with Crippen molar-refractivity contribution in [3.05, 3.63) is 71.8 Å². The van der Waals surface area contributed by atoms with E-state index in [1.165, 1.54) is 12.1 Å². The van der Waals surface area contributed by atoms with E-state index in [-0.39, 0.29) is 36.9 Å². The van der Waals surface area contributed by atoms with Crippen LogP contribution in [0.2, 0.25) is 0 Å². The van der Waals surface area contributed by atoms with Crippen LogP contribution in [-0.4, -0.2) is 48.6 Å². The molecule has 0 fully saturated rings. The van der Waals surface area contributed by atoms with Crippen LogP contribution in [-0.2, 0) is 16.0 Å². The van der Waals surface area contributed by atoms with Gasteiger partial charge in [-0.2, -0.15) is 0 Å². The van der Waals surface area contributed by atoms with Crippen LogP contribution in [0.5, 0.6) is 11.5 Å². The summed E-state index contributed by atoms with van der Waals surface area (Å²) in [5, 5.41) is 16.2. The molecule has 1 unspecified atom stereocenters. The summed E-state index contributed by atoms with van der Waals surface area (Å²) >= 11 is 0. The Labute approximate surface area is 190 Å². The van der Waals surface area contributed by atoms with Gasteiger partial charge in [-0.15, -0.1) is 0 Å². The molecule has 7 N–H and O–H groups in total. The first kappa shape index (κ1) is 23.6. The van der Waals surface area contributed by atoms with E-state index >= 15 is 0 Å². The summed E-state index contributed by atoms with van der Waals surface area (Å²) in [6.07, 6.45) is 0.321. The largest absolute Gasteiger partial charge is 0.508 e. The maximum absolute atomic E-state index is 12.5. The number of nitrogens with two attached hydrogens (primary N) is 2. The van der Waals surface area contributed by atoms with Crippen molar-refractivity contribution in [1.82, 2.24) is 10.6 Å². The van der Waals surface area contributed by atoms with Crippen molar-refractivity contribution in [3.63, 3.8) is 0 Å². The van der Waals surface area contributed by atoms with Gasteiger partial charge in [0.05, 0.1) is 24.7 Å². The molecule has 0 saturated carbocycles. The Kier molecular flexibility index (Phi) is 7.82. The van der Waals surface area contributed by atoms with Crippen LogP contribution >= 0.6 is 0 Å². The number of hydrogen-bond donors (Lipinski definition) is 5. The highest BCUT2D eigenvalue weighted by Crippen LogP contribution is 2.26. The summed E-state index contributed by atoms with van der Waals surface area (Å²) in [6.45, 7) is -0.0104. The molecular formula is C24H26N4O5. The maximum Gasteiger partial charge on any atom is 0.255 e. The molecule has 0 aliphatic carbocycles. The van der Waals surface area contributed by atoms with Gasteiger partial charge in [0.15, 0.2) is 0 Å². The number of fused-ring (bicyclic) bond motifs is 1. The molecule has 0 aliphatic rings. The van der Waals surface area contributed by atoms with Gasteiger partial charge in [-0.05, 0) is 47.0 Å². The molecule has 9 heteroatoms. The van der Waals surface area contributed by atoms with Crippen molar-refractivity contribution in [1.29, 1.82) is 0 Å². The molecular weight excluding hydrogens is 424 g/mol. The van der Waals surface area contributed by atoms with E-state index in [0.29, 0.717) is 12.2 Å². The highest BCUT2D eigenvalue weighted by atomic mass is 16.5. The fourth-order valence-electron chi connectivity index (χ4n) is 3.22. The molecule has 0 aliphatic heterocycles. The fourth-order valence-corrected chi connectivity index (χ4v) is 3.22. The molecule has 0 heterocycles. The van der Waals surface area contributed by atoms with Crippen LogP contribution in [0.4, 0.5) is 0 Å². The predicted octanol–water partition coefficient (Wildman–Crippen LogP) is 0.825. The minimum Gasteiger partial charge on any atom is -0.508 e. The number of carbonyl (C=O) groups excluding carboxylic acids is 3. The first-order valence-corrected chi connectivity index (χ1v) is 10.4. The topological polar surface area (TPSA) is 157 Å². The fraction of sp³-hybridized carbons (Fsp3) is 0.208.